The number of rotatable bonds is 3. The molecule has 2 amide bonds. The minimum Gasteiger partial charge on any atom is -0.372 e. The average Bonchev–Trinajstić information content (AvgIpc) is 2.56. The summed E-state index contributed by atoms with van der Waals surface area (Å²) in [5, 5.41) is 5.40. The van der Waals surface area contributed by atoms with E-state index in [0.29, 0.717) is 16.8 Å². The maximum atomic E-state index is 13.6. The van der Waals surface area contributed by atoms with Gasteiger partial charge >= 0.3 is 6.03 Å². The highest BCUT2D eigenvalue weighted by molar-refractivity contribution is 6.33. The Morgan fingerprint density at radius 2 is 1.81 bits per heavy atom. The highest BCUT2D eigenvalue weighted by Crippen LogP contribution is 2.31. The van der Waals surface area contributed by atoms with Crippen molar-refractivity contribution >= 4 is 34.7 Å². The number of amides is 2. The molecular weight excluding hydrogens is 376 g/mol. The number of halogens is 3. The third-order valence-electron chi connectivity index (χ3n) is 4.15. The lowest BCUT2D eigenvalue weighted by Gasteiger charge is -2.37. The summed E-state index contributed by atoms with van der Waals surface area (Å²) in [4.78, 5) is 14.2. The Morgan fingerprint density at radius 3 is 2.44 bits per heavy atom. The van der Waals surface area contributed by atoms with Crippen LogP contribution in [0.1, 0.15) is 13.8 Å². The second kappa shape index (κ2) is 8.10. The number of morpholine rings is 1. The van der Waals surface area contributed by atoms with Gasteiger partial charge in [-0.15, -0.1) is 0 Å². The first-order valence-electron chi connectivity index (χ1n) is 8.55. The molecule has 3 rings (SSSR count). The van der Waals surface area contributed by atoms with E-state index in [-0.39, 0.29) is 17.9 Å². The van der Waals surface area contributed by atoms with Crippen molar-refractivity contribution in [3.63, 3.8) is 0 Å². The van der Waals surface area contributed by atoms with E-state index >= 15 is 0 Å². The average molecular weight is 396 g/mol. The number of anilines is 3. The molecule has 1 aliphatic heterocycles. The zero-order valence-corrected chi connectivity index (χ0v) is 15.7. The highest BCUT2D eigenvalue weighted by Gasteiger charge is 2.23. The summed E-state index contributed by atoms with van der Waals surface area (Å²) in [5.41, 5.74) is 1.19. The topological polar surface area (TPSA) is 53.6 Å². The molecule has 2 atom stereocenters. The van der Waals surface area contributed by atoms with E-state index in [2.05, 4.69) is 15.5 Å². The lowest BCUT2D eigenvalue weighted by Crippen LogP contribution is -2.45. The molecule has 5 nitrogen and oxygen atoms in total. The minimum atomic E-state index is -0.853. The summed E-state index contributed by atoms with van der Waals surface area (Å²) in [6.07, 6.45) is 0.193. The number of hydrogen-bond donors (Lipinski definition) is 2. The number of carbonyl (C=O) groups excluding carboxylic acids is 1. The Bertz CT molecular complexity index is 840. The molecule has 2 N–H and O–H groups in total. The van der Waals surface area contributed by atoms with E-state index in [9.17, 15) is 13.6 Å². The molecule has 0 aromatic heterocycles. The number of nitrogens with zero attached hydrogens (tertiary/aromatic N) is 1. The maximum absolute atomic E-state index is 13.6. The van der Waals surface area contributed by atoms with Crippen LogP contribution in [0.25, 0.3) is 0 Å². The molecule has 1 saturated heterocycles. The first-order valence-corrected chi connectivity index (χ1v) is 8.92. The van der Waals surface area contributed by atoms with Crippen LogP contribution >= 0.6 is 11.6 Å². The molecule has 0 saturated carbocycles. The third kappa shape index (κ3) is 4.87. The van der Waals surface area contributed by atoms with Gasteiger partial charge in [-0.25, -0.2) is 13.6 Å². The second-order valence-corrected chi connectivity index (χ2v) is 6.94. The summed E-state index contributed by atoms with van der Waals surface area (Å²) < 4.78 is 32.3. The van der Waals surface area contributed by atoms with Crippen molar-refractivity contribution in [3.05, 3.63) is 53.1 Å². The van der Waals surface area contributed by atoms with Gasteiger partial charge in [0.15, 0.2) is 0 Å². The quantitative estimate of drug-likeness (QED) is 0.779. The molecular formula is C19H20ClF2N3O2. The minimum absolute atomic E-state index is 0.0963. The normalized spacial score (nSPS) is 19.7. The fourth-order valence-corrected chi connectivity index (χ4v) is 3.39. The molecule has 144 valence electrons. The van der Waals surface area contributed by atoms with Crippen molar-refractivity contribution in [1.29, 1.82) is 0 Å². The molecule has 2 aromatic rings. The predicted octanol–water partition coefficient (Wildman–Crippen LogP) is 4.88. The predicted molar refractivity (Wildman–Crippen MR) is 103 cm³/mol. The first-order chi connectivity index (χ1) is 12.8. The molecule has 1 heterocycles. The first kappa shape index (κ1) is 19.4. The van der Waals surface area contributed by atoms with Crippen LogP contribution in [0.5, 0.6) is 0 Å². The highest BCUT2D eigenvalue weighted by atomic mass is 35.5. The fraction of sp³-hybridized carbons (Fsp3) is 0.316. The SMILES string of the molecule is C[C@@H]1CN(c2ccc(NC(=O)Nc3ccc(F)cc3F)cc2Cl)C[C@H](C)O1. The van der Waals surface area contributed by atoms with Gasteiger partial charge in [0.05, 0.1) is 28.6 Å². The molecule has 0 radical (unpaired) electrons. The van der Waals surface area contributed by atoms with Crippen LogP contribution in [-0.4, -0.2) is 31.3 Å². The summed E-state index contributed by atoms with van der Waals surface area (Å²) in [7, 11) is 0. The molecule has 0 spiro atoms. The van der Waals surface area contributed by atoms with Gasteiger partial charge in [-0.05, 0) is 44.2 Å². The molecule has 0 unspecified atom stereocenters. The maximum Gasteiger partial charge on any atom is 0.323 e. The van der Waals surface area contributed by atoms with Crippen molar-refractivity contribution in [1.82, 2.24) is 0 Å². The lowest BCUT2D eigenvalue weighted by molar-refractivity contribution is -0.00520. The molecule has 0 aliphatic carbocycles. The Morgan fingerprint density at radius 1 is 1.11 bits per heavy atom. The van der Waals surface area contributed by atoms with E-state index in [4.69, 9.17) is 16.3 Å². The van der Waals surface area contributed by atoms with Crippen LogP contribution in [0.4, 0.5) is 30.6 Å². The molecule has 2 aromatic carbocycles. The van der Waals surface area contributed by atoms with Gasteiger partial charge in [0.1, 0.15) is 11.6 Å². The van der Waals surface area contributed by atoms with Gasteiger partial charge in [-0.2, -0.15) is 0 Å². The van der Waals surface area contributed by atoms with E-state index in [1.54, 1.807) is 12.1 Å². The van der Waals surface area contributed by atoms with Crippen molar-refractivity contribution in [3.8, 4) is 0 Å². The van der Waals surface area contributed by atoms with Crippen LogP contribution in [0.3, 0.4) is 0 Å². The monoisotopic (exact) mass is 395 g/mol. The summed E-state index contributed by atoms with van der Waals surface area (Å²) >= 11 is 6.39. The summed E-state index contributed by atoms with van der Waals surface area (Å²) in [6, 6.07) is 7.43. The van der Waals surface area contributed by atoms with Crippen molar-refractivity contribution < 1.29 is 18.3 Å². The molecule has 0 bridgehead atoms. The zero-order valence-electron chi connectivity index (χ0n) is 14.9. The molecule has 8 heteroatoms. The largest absolute Gasteiger partial charge is 0.372 e. The summed E-state index contributed by atoms with van der Waals surface area (Å²) in [6.45, 7) is 5.46. The Labute approximate surface area is 161 Å². The van der Waals surface area contributed by atoms with Gasteiger partial charge in [-0.3, -0.25) is 0 Å². The van der Waals surface area contributed by atoms with Gasteiger partial charge in [-0.1, -0.05) is 11.6 Å². The number of ether oxygens (including phenoxy) is 1. The second-order valence-electron chi connectivity index (χ2n) is 6.53. The van der Waals surface area contributed by atoms with Crippen LogP contribution in [0.2, 0.25) is 5.02 Å². The van der Waals surface area contributed by atoms with E-state index in [1.165, 1.54) is 0 Å². The number of carbonyl (C=O) groups is 1. The van der Waals surface area contributed by atoms with Gasteiger partial charge < -0.3 is 20.3 Å². The van der Waals surface area contributed by atoms with Gasteiger partial charge in [0, 0.05) is 24.8 Å². The number of hydrogen-bond acceptors (Lipinski definition) is 3. The Hall–Kier alpha value is -2.38. The third-order valence-corrected chi connectivity index (χ3v) is 4.45. The molecule has 27 heavy (non-hydrogen) atoms. The van der Waals surface area contributed by atoms with Crippen LogP contribution in [-0.2, 0) is 4.74 Å². The Balaban J connectivity index is 1.67. The van der Waals surface area contributed by atoms with Crippen LogP contribution in [0.15, 0.2) is 36.4 Å². The number of benzene rings is 2. The Kier molecular flexibility index (Phi) is 5.82. The van der Waals surface area contributed by atoms with Crippen molar-refractivity contribution in [2.24, 2.45) is 0 Å². The molecule has 1 aliphatic rings. The number of nitrogens with one attached hydrogen (secondary N) is 2. The lowest BCUT2D eigenvalue weighted by atomic mass is 10.2. The smallest absolute Gasteiger partial charge is 0.323 e. The van der Waals surface area contributed by atoms with Crippen LogP contribution in [0, 0.1) is 11.6 Å². The fourth-order valence-electron chi connectivity index (χ4n) is 3.09. The van der Waals surface area contributed by atoms with Crippen molar-refractivity contribution in [2.45, 2.75) is 26.1 Å². The van der Waals surface area contributed by atoms with Crippen molar-refractivity contribution in [2.75, 3.05) is 28.6 Å². The van der Waals surface area contributed by atoms with Gasteiger partial charge in [0.2, 0.25) is 0 Å². The molecule has 1 fully saturated rings. The van der Waals surface area contributed by atoms with Gasteiger partial charge in [0.25, 0.3) is 0 Å². The zero-order chi connectivity index (χ0) is 19.6. The van der Waals surface area contributed by atoms with E-state index in [1.807, 2.05) is 19.9 Å². The standard InChI is InChI=1S/C19H20ClF2N3O2/c1-11-9-25(10-12(2)27-11)18-6-4-14(8-15(18)20)23-19(26)24-17-5-3-13(21)7-16(17)22/h3-8,11-12H,9-10H2,1-2H3,(H2,23,24,26)/t11-,12+. The van der Waals surface area contributed by atoms with Crippen LogP contribution < -0.4 is 15.5 Å². The van der Waals surface area contributed by atoms with E-state index < -0.39 is 17.7 Å². The summed E-state index contributed by atoms with van der Waals surface area (Å²) in [5.74, 6) is -1.57. The number of urea groups is 1. The van der Waals surface area contributed by atoms with E-state index in [0.717, 1.165) is 30.9 Å².